The number of rotatable bonds is 3. The maximum Gasteiger partial charge on any atom is 0.389 e. The molecule has 1 aliphatic rings. The van der Waals surface area contributed by atoms with Gasteiger partial charge < -0.3 is 0 Å². The zero-order valence-electron chi connectivity index (χ0n) is 6.70. The van der Waals surface area contributed by atoms with Crippen molar-refractivity contribution in [3.63, 3.8) is 0 Å². The summed E-state index contributed by atoms with van der Waals surface area (Å²) in [6.45, 7) is 0. The van der Waals surface area contributed by atoms with Gasteiger partial charge in [-0.2, -0.15) is 13.2 Å². The Morgan fingerprint density at radius 1 is 1.33 bits per heavy atom. The molecule has 1 atom stereocenters. The van der Waals surface area contributed by atoms with Crippen molar-refractivity contribution in [3.05, 3.63) is 0 Å². The lowest BCUT2D eigenvalue weighted by Crippen LogP contribution is -2.27. The van der Waals surface area contributed by atoms with Crippen molar-refractivity contribution < 1.29 is 13.2 Å². The van der Waals surface area contributed by atoms with Crippen molar-refractivity contribution in [2.24, 2.45) is 11.8 Å². The Hall–Kier alpha value is 0.270. The molecule has 0 spiro atoms. The molecule has 0 N–H and O–H groups in total. The number of alkyl halides is 4. The van der Waals surface area contributed by atoms with E-state index >= 15 is 0 Å². The van der Waals surface area contributed by atoms with Gasteiger partial charge in [-0.05, 0) is 11.8 Å². The largest absolute Gasteiger partial charge is 0.389 e. The third-order valence-electron chi connectivity index (χ3n) is 2.51. The van der Waals surface area contributed by atoms with E-state index in [1.807, 2.05) is 0 Å². The molecule has 0 unspecified atom stereocenters. The Morgan fingerprint density at radius 2 is 1.92 bits per heavy atom. The van der Waals surface area contributed by atoms with Crippen LogP contribution in [0, 0.1) is 11.8 Å². The van der Waals surface area contributed by atoms with E-state index in [9.17, 15) is 13.2 Å². The second-order valence-corrected chi connectivity index (χ2v) is 4.07. The minimum absolute atomic E-state index is 0.196. The van der Waals surface area contributed by atoms with Gasteiger partial charge in [-0.3, -0.25) is 0 Å². The lowest BCUT2D eigenvalue weighted by atomic mass is 9.75. The van der Waals surface area contributed by atoms with Gasteiger partial charge in [-0.1, -0.05) is 35.2 Å². The first-order valence-corrected chi connectivity index (χ1v) is 5.28. The fraction of sp³-hybridized carbons (Fsp3) is 1.00. The zero-order valence-corrected chi connectivity index (χ0v) is 8.29. The molecule has 72 valence electrons. The third-order valence-corrected chi connectivity index (χ3v) is 3.34. The monoisotopic (exact) mass is 244 g/mol. The van der Waals surface area contributed by atoms with Crippen LogP contribution in [0.2, 0.25) is 0 Å². The second-order valence-electron chi connectivity index (χ2n) is 3.42. The van der Waals surface area contributed by atoms with Crippen LogP contribution < -0.4 is 0 Å². The topological polar surface area (TPSA) is 0 Å². The summed E-state index contributed by atoms with van der Waals surface area (Å²) in [4.78, 5) is 0. The highest BCUT2D eigenvalue weighted by atomic mass is 79.9. The first-order chi connectivity index (χ1) is 5.53. The Labute approximate surface area is 78.7 Å². The van der Waals surface area contributed by atoms with E-state index in [-0.39, 0.29) is 5.92 Å². The van der Waals surface area contributed by atoms with Crippen molar-refractivity contribution in [3.8, 4) is 0 Å². The van der Waals surface area contributed by atoms with Crippen LogP contribution in [0.1, 0.15) is 25.7 Å². The van der Waals surface area contributed by atoms with Gasteiger partial charge >= 0.3 is 6.18 Å². The fourth-order valence-corrected chi connectivity index (χ4v) is 2.31. The van der Waals surface area contributed by atoms with Crippen molar-refractivity contribution in [1.29, 1.82) is 0 Å². The van der Waals surface area contributed by atoms with Gasteiger partial charge in [0.1, 0.15) is 0 Å². The van der Waals surface area contributed by atoms with Crippen LogP contribution in [0.25, 0.3) is 0 Å². The minimum atomic E-state index is -3.99. The van der Waals surface area contributed by atoms with Gasteiger partial charge in [0.05, 0.1) is 0 Å². The molecular formula is C8H12BrF3. The average Bonchev–Trinajstić information content (AvgIpc) is 1.79. The fourth-order valence-electron chi connectivity index (χ4n) is 1.56. The van der Waals surface area contributed by atoms with Gasteiger partial charge in [0, 0.05) is 11.8 Å². The number of halogens is 4. The highest BCUT2D eigenvalue weighted by Crippen LogP contribution is 2.39. The molecule has 0 heterocycles. The van der Waals surface area contributed by atoms with E-state index in [4.69, 9.17) is 0 Å². The second kappa shape index (κ2) is 3.99. The predicted octanol–water partition coefficient (Wildman–Crippen LogP) is 3.75. The Kier molecular flexibility index (Phi) is 3.44. The van der Waals surface area contributed by atoms with Crippen LogP contribution in [0.15, 0.2) is 0 Å². The van der Waals surface area contributed by atoms with Gasteiger partial charge in [-0.15, -0.1) is 0 Å². The van der Waals surface area contributed by atoms with E-state index in [0.29, 0.717) is 11.2 Å². The Balaban J connectivity index is 2.34. The van der Waals surface area contributed by atoms with Crippen molar-refractivity contribution in [2.75, 3.05) is 5.33 Å². The Morgan fingerprint density at radius 3 is 2.17 bits per heavy atom. The van der Waals surface area contributed by atoms with Crippen LogP contribution >= 0.6 is 15.9 Å². The first-order valence-electron chi connectivity index (χ1n) is 4.15. The molecule has 0 saturated heterocycles. The molecule has 1 fully saturated rings. The summed E-state index contributed by atoms with van der Waals surface area (Å²) in [7, 11) is 0. The van der Waals surface area contributed by atoms with E-state index in [0.717, 1.165) is 19.3 Å². The van der Waals surface area contributed by atoms with Crippen LogP contribution in [-0.2, 0) is 0 Å². The summed E-state index contributed by atoms with van der Waals surface area (Å²) in [5, 5.41) is 0.483. The normalized spacial score (nSPS) is 22.0. The molecular weight excluding hydrogens is 233 g/mol. The summed E-state index contributed by atoms with van der Waals surface area (Å²) < 4.78 is 36.0. The number of hydrogen-bond acceptors (Lipinski definition) is 0. The van der Waals surface area contributed by atoms with Crippen molar-refractivity contribution in [2.45, 2.75) is 31.9 Å². The molecule has 0 aromatic heterocycles. The van der Waals surface area contributed by atoms with Gasteiger partial charge in [-0.25, -0.2) is 0 Å². The molecule has 1 rings (SSSR count). The molecule has 0 bridgehead atoms. The minimum Gasteiger partial charge on any atom is -0.171 e. The summed E-state index contributed by atoms with van der Waals surface area (Å²) >= 11 is 3.14. The summed E-state index contributed by atoms with van der Waals surface area (Å²) in [5.41, 5.74) is 0. The molecule has 0 aromatic carbocycles. The molecule has 12 heavy (non-hydrogen) atoms. The van der Waals surface area contributed by atoms with E-state index < -0.39 is 12.6 Å². The smallest absolute Gasteiger partial charge is 0.171 e. The SMILES string of the molecule is FC(F)(F)C[C@@H](CBr)C1CCC1. The van der Waals surface area contributed by atoms with Gasteiger partial charge in [0.15, 0.2) is 0 Å². The first kappa shape index (κ1) is 10.4. The lowest BCUT2D eigenvalue weighted by Gasteiger charge is -2.33. The van der Waals surface area contributed by atoms with Crippen molar-refractivity contribution in [1.82, 2.24) is 0 Å². The summed E-state index contributed by atoms with van der Waals surface area (Å²) in [6, 6.07) is 0. The lowest BCUT2D eigenvalue weighted by molar-refractivity contribution is -0.148. The van der Waals surface area contributed by atoms with Crippen LogP contribution in [-0.4, -0.2) is 11.5 Å². The van der Waals surface area contributed by atoms with Crippen LogP contribution in [0.5, 0.6) is 0 Å². The molecule has 0 radical (unpaired) electrons. The van der Waals surface area contributed by atoms with E-state index in [2.05, 4.69) is 15.9 Å². The molecule has 0 nitrogen and oxygen atoms in total. The van der Waals surface area contributed by atoms with Crippen LogP contribution in [0.4, 0.5) is 13.2 Å². The molecule has 0 aliphatic heterocycles. The molecule has 1 aliphatic carbocycles. The third kappa shape index (κ3) is 2.96. The average molecular weight is 245 g/mol. The predicted molar refractivity (Wildman–Crippen MR) is 45.3 cm³/mol. The zero-order chi connectivity index (χ0) is 9.19. The maximum absolute atomic E-state index is 12.0. The quantitative estimate of drug-likeness (QED) is 0.664. The number of hydrogen-bond donors (Lipinski definition) is 0. The molecule has 0 amide bonds. The summed E-state index contributed by atoms with van der Waals surface area (Å²) in [5.74, 6) is 0.116. The molecule has 0 aromatic rings. The van der Waals surface area contributed by atoms with Gasteiger partial charge in [0.2, 0.25) is 0 Å². The summed E-state index contributed by atoms with van der Waals surface area (Å²) in [6.07, 6.45) is -1.55. The highest BCUT2D eigenvalue weighted by Gasteiger charge is 2.36. The Bertz CT molecular complexity index is 140. The molecule has 1 saturated carbocycles. The van der Waals surface area contributed by atoms with Crippen molar-refractivity contribution >= 4 is 15.9 Å². The maximum atomic E-state index is 12.0. The standard InChI is InChI=1S/C8H12BrF3/c9-5-7(4-8(10,11)12)6-2-1-3-6/h6-7H,1-5H2/t7-/m0/s1. The highest BCUT2D eigenvalue weighted by molar-refractivity contribution is 9.09. The van der Waals surface area contributed by atoms with E-state index in [1.165, 1.54) is 0 Å². The van der Waals surface area contributed by atoms with Gasteiger partial charge in [0.25, 0.3) is 0 Å². The molecule has 4 heteroatoms. The van der Waals surface area contributed by atoms with Crippen LogP contribution in [0.3, 0.4) is 0 Å². The van der Waals surface area contributed by atoms with E-state index in [1.54, 1.807) is 0 Å².